The highest BCUT2D eigenvalue weighted by Gasteiger charge is 2.22. The van der Waals surface area contributed by atoms with E-state index in [-0.39, 0.29) is 5.97 Å². The van der Waals surface area contributed by atoms with Crippen molar-refractivity contribution in [3.05, 3.63) is 71.8 Å². The van der Waals surface area contributed by atoms with Crippen molar-refractivity contribution in [1.29, 1.82) is 0 Å². The molecule has 0 aliphatic rings. The largest absolute Gasteiger partial charge is 0.459 e. The Morgan fingerprint density at radius 1 is 0.952 bits per heavy atom. The van der Waals surface area contributed by atoms with E-state index in [0.29, 0.717) is 12.8 Å². The van der Waals surface area contributed by atoms with Gasteiger partial charge in [-0.2, -0.15) is 0 Å². The van der Waals surface area contributed by atoms with Gasteiger partial charge in [-0.3, -0.25) is 4.79 Å². The van der Waals surface area contributed by atoms with Crippen molar-refractivity contribution in [2.24, 2.45) is 0 Å². The number of rotatable bonds is 6. The fraction of sp³-hybridized carbons (Fsp3) is 0.278. The van der Waals surface area contributed by atoms with E-state index in [2.05, 4.69) is 0 Å². The standard InChI is InChI=1S/C18H20O3/c1-14(19)21-18(13-16-10-6-3-7-11-16)17(20)12-15-8-4-2-5-9-15/h2-11,17-18,20H,12-13H2,1H3. The van der Waals surface area contributed by atoms with Crippen LogP contribution in [0.25, 0.3) is 0 Å². The van der Waals surface area contributed by atoms with E-state index in [4.69, 9.17) is 4.74 Å². The minimum absolute atomic E-state index is 0.372. The van der Waals surface area contributed by atoms with Gasteiger partial charge in [-0.15, -0.1) is 0 Å². The first kappa shape index (κ1) is 15.3. The van der Waals surface area contributed by atoms with Crippen LogP contribution in [0.5, 0.6) is 0 Å². The number of hydrogen-bond donors (Lipinski definition) is 1. The van der Waals surface area contributed by atoms with Gasteiger partial charge >= 0.3 is 5.97 Å². The van der Waals surface area contributed by atoms with Crippen LogP contribution in [-0.2, 0) is 22.4 Å². The molecule has 110 valence electrons. The summed E-state index contributed by atoms with van der Waals surface area (Å²) in [5.41, 5.74) is 2.06. The molecule has 1 N–H and O–H groups in total. The lowest BCUT2D eigenvalue weighted by molar-refractivity contribution is -0.152. The zero-order valence-electron chi connectivity index (χ0n) is 12.1. The molecule has 0 radical (unpaired) electrons. The number of aliphatic hydroxyl groups is 1. The third-order valence-electron chi connectivity index (χ3n) is 3.31. The summed E-state index contributed by atoms with van der Waals surface area (Å²) in [6, 6.07) is 19.4. The highest BCUT2D eigenvalue weighted by Crippen LogP contribution is 2.14. The molecule has 0 aromatic heterocycles. The molecule has 0 aliphatic carbocycles. The Balaban J connectivity index is 2.06. The number of benzene rings is 2. The Kier molecular flexibility index (Phi) is 5.52. The summed E-state index contributed by atoms with van der Waals surface area (Å²) in [5, 5.41) is 10.4. The topological polar surface area (TPSA) is 46.5 Å². The zero-order chi connectivity index (χ0) is 15.1. The van der Waals surface area contributed by atoms with Crippen molar-refractivity contribution < 1.29 is 14.6 Å². The third kappa shape index (κ3) is 5.04. The molecule has 0 spiro atoms. The maximum Gasteiger partial charge on any atom is 0.303 e. The summed E-state index contributed by atoms with van der Waals surface area (Å²) in [6.45, 7) is 1.37. The minimum atomic E-state index is -0.725. The summed E-state index contributed by atoms with van der Waals surface area (Å²) in [6.07, 6.45) is -0.290. The van der Waals surface area contributed by atoms with E-state index in [9.17, 15) is 9.90 Å². The van der Waals surface area contributed by atoms with Crippen molar-refractivity contribution >= 4 is 5.97 Å². The van der Waals surface area contributed by atoms with Crippen molar-refractivity contribution in [2.75, 3.05) is 0 Å². The number of esters is 1. The monoisotopic (exact) mass is 284 g/mol. The molecule has 0 saturated carbocycles. The molecule has 2 aromatic carbocycles. The Morgan fingerprint density at radius 3 is 1.90 bits per heavy atom. The average Bonchev–Trinajstić information content (AvgIpc) is 2.48. The first-order valence-corrected chi connectivity index (χ1v) is 7.08. The van der Waals surface area contributed by atoms with Crippen LogP contribution in [0.1, 0.15) is 18.1 Å². The van der Waals surface area contributed by atoms with E-state index >= 15 is 0 Å². The normalized spacial score (nSPS) is 13.4. The van der Waals surface area contributed by atoms with E-state index in [1.165, 1.54) is 6.92 Å². The molecular weight excluding hydrogens is 264 g/mol. The van der Waals surface area contributed by atoms with Gasteiger partial charge in [0, 0.05) is 19.8 Å². The summed E-state index contributed by atoms with van der Waals surface area (Å²) in [7, 11) is 0. The molecule has 0 bridgehead atoms. The zero-order valence-corrected chi connectivity index (χ0v) is 12.1. The van der Waals surface area contributed by atoms with Crippen LogP contribution >= 0.6 is 0 Å². The van der Waals surface area contributed by atoms with Gasteiger partial charge in [0.15, 0.2) is 0 Å². The first-order chi connectivity index (χ1) is 10.1. The van der Waals surface area contributed by atoms with Crippen molar-refractivity contribution in [3.8, 4) is 0 Å². The SMILES string of the molecule is CC(=O)OC(Cc1ccccc1)C(O)Cc1ccccc1. The maximum atomic E-state index is 11.3. The smallest absolute Gasteiger partial charge is 0.303 e. The molecule has 2 aromatic rings. The molecule has 0 saturated heterocycles. The fourth-order valence-corrected chi connectivity index (χ4v) is 2.30. The van der Waals surface area contributed by atoms with Gasteiger partial charge in [-0.05, 0) is 11.1 Å². The summed E-state index contributed by atoms with van der Waals surface area (Å²) >= 11 is 0. The number of aliphatic hydroxyl groups excluding tert-OH is 1. The predicted molar refractivity (Wildman–Crippen MR) is 81.9 cm³/mol. The first-order valence-electron chi connectivity index (χ1n) is 7.08. The minimum Gasteiger partial charge on any atom is -0.459 e. The Morgan fingerprint density at radius 2 is 1.43 bits per heavy atom. The van der Waals surface area contributed by atoms with Crippen LogP contribution in [0, 0.1) is 0 Å². The van der Waals surface area contributed by atoms with Crippen LogP contribution in [0.2, 0.25) is 0 Å². The highest BCUT2D eigenvalue weighted by atomic mass is 16.6. The van der Waals surface area contributed by atoms with Gasteiger partial charge in [0.2, 0.25) is 0 Å². The predicted octanol–water partition coefficient (Wildman–Crippen LogP) is 2.76. The van der Waals surface area contributed by atoms with Crippen LogP contribution in [0.4, 0.5) is 0 Å². The van der Waals surface area contributed by atoms with Gasteiger partial charge in [-0.25, -0.2) is 0 Å². The number of ether oxygens (including phenoxy) is 1. The second-order valence-corrected chi connectivity index (χ2v) is 5.09. The highest BCUT2D eigenvalue weighted by molar-refractivity contribution is 5.66. The quantitative estimate of drug-likeness (QED) is 0.830. The molecular formula is C18H20O3. The van der Waals surface area contributed by atoms with E-state index in [1.807, 2.05) is 60.7 Å². The van der Waals surface area contributed by atoms with Gasteiger partial charge in [0.05, 0.1) is 6.10 Å². The molecule has 0 fully saturated rings. The van der Waals surface area contributed by atoms with Crippen LogP contribution < -0.4 is 0 Å². The van der Waals surface area contributed by atoms with Crippen molar-refractivity contribution in [3.63, 3.8) is 0 Å². The fourth-order valence-electron chi connectivity index (χ4n) is 2.30. The number of carbonyl (C=O) groups is 1. The van der Waals surface area contributed by atoms with E-state index in [1.54, 1.807) is 0 Å². The third-order valence-corrected chi connectivity index (χ3v) is 3.31. The van der Waals surface area contributed by atoms with Gasteiger partial charge in [0.1, 0.15) is 6.10 Å². The molecule has 21 heavy (non-hydrogen) atoms. The Bertz CT molecular complexity index is 551. The second kappa shape index (κ2) is 7.60. The molecule has 0 aliphatic heterocycles. The van der Waals surface area contributed by atoms with Crippen LogP contribution in [0.3, 0.4) is 0 Å². The lowest BCUT2D eigenvalue weighted by Gasteiger charge is -2.23. The Hall–Kier alpha value is -2.13. The molecule has 2 rings (SSSR count). The number of carbonyl (C=O) groups excluding carboxylic acids is 1. The lowest BCUT2D eigenvalue weighted by atomic mass is 9.98. The van der Waals surface area contributed by atoms with Crippen molar-refractivity contribution in [2.45, 2.75) is 32.0 Å². The summed E-state index contributed by atoms with van der Waals surface area (Å²) in [4.78, 5) is 11.3. The summed E-state index contributed by atoms with van der Waals surface area (Å²) in [5.74, 6) is -0.372. The molecule has 3 nitrogen and oxygen atoms in total. The maximum absolute atomic E-state index is 11.3. The molecule has 2 unspecified atom stereocenters. The molecule has 0 amide bonds. The van der Waals surface area contributed by atoms with E-state index < -0.39 is 12.2 Å². The van der Waals surface area contributed by atoms with Gasteiger partial charge in [-0.1, -0.05) is 60.7 Å². The Labute approximate surface area is 125 Å². The molecule has 3 heteroatoms. The average molecular weight is 284 g/mol. The van der Waals surface area contributed by atoms with E-state index in [0.717, 1.165) is 11.1 Å². The van der Waals surface area contributed by atoms with Crippen LogP contribution in [-0.4, -0.2) is 23.3 Å². The van der Waals surface area contributed by atoms with Crippen LogP contribution in [0.15, 0.2) is 60.7 Å². The molecule has 2 atom stereocenters. The van der Waals surface area contributed by atoms with Gasteiger partial charge < -0.3 is 9.84 Å². The second-order valence-electron chi connectivity index (χ2n) is 5.09. The van der Waals surface area contributed by atoms with Gasteiger partial charge in [0.25, 0.3) is 0 Å². The number of hydrogen-bond acceptors (Lipinski definition) is 3. The summed E-state index contributed by atoms with van der Waals surface area (Å²) < 4.78 is 5.30. The lowest BCUT2D eigenvalue weighted by Crippen LogP contribution is -2.34. The van der Waals surface area contributed by atoms with Crippen molar-refractivity contribution in [1.82, 2.24) is 0 Å². The molecule has 0 heterocycles.